The average Bonchev–Trinajstić information content (AvgIpc) is 2.62. The van der Waals surface area contributed by atoms with Crippen LogP contribution in [0.5, 0.6) is 5.75 Å². The van der Waals surface area contributed by atoms with Crippen LogP contribution >= 0.6 is 0 Å². The van der Waals surface area contributed by atoms with Gasteiger partial charge in [0, 0.05) is 43.6 Å². The Bertz CT molecular complexity index is 646. The van der Waals surface area contributed by atoms with Gasteiger partial charge in [-0.2, -0.15) is 0 Å². The first-order chi connectivity index (χ1) is 12.0. The van der Waals surface area contributed by atoms with E-state index in [1.54, 1.807) is 18.2 Å². The van der Waals surface area contributed by atoms with E-state index in [9.17, 15) is 14.7 Å². The van der Waals surface area contributed by atoms with Gasteiger partial charge >= 0.3 is 0 Å². The van der Waals surface area contributed by atoms with Gasteiger partial charge in [-0.1, -0.05) is 19.4 Å². The SMILES string of the molecule is CCCCN1C[C@@]2(CCCN(C(=O)c3cccc(O)c3)C2)CCC1=O. The van der Waals surface area contributed by atoms with Crippen LogP contribution in [-0.4, -0.2) is 52.9 Å². The maximum absolute atomic E-state index is 12.8. The Morgan fingerprint density at radius 3 is 2.88 bits per heavy atom. The average molecular weight is 344 g/mol. The van der Waals surface area contributed by atoms with Crippen LogP contribution in [0.25, 0.3) is 0 Å². The molecular weight excluding hydrogens is 316 g/mol. The molecule has 2 amide bonds. The molecule has 2 aliphatic rings. The molecular formula is C20H28N2O3. The number of likely N-dealkylation sites (tertiary alicyclic amines) is 2. The Morgan fingerprint density at radius 1 is 1.28 bits per heavy atom. The van der Waals surface area contributed by atoms with Crippen molar-refractivity contribution in [3.05, 3.63) is 29.8 Å². The minimum absolute atomic E-state index is 0.0213. The summed E-state index contributed by atoms with van der Waals surface area (Å²) in [5.74, 6) is 0.356. The number of carbonyl (C=O) groups excluding carboxylic acids is 2. The van der Waals surface area contributed by atoms with Gasteiger partial charge < -0.3 is 14.9 Å². The number of phenols is 1. The molecule has 0 aromatic heterocycles. The Kier molecular flexibility index (Phi) is 5.30. The summed E-state index contributed by atoms with van der Waals surface area (Å²) in [5.41, 5.74) is 0.568. The molecule has 0 aliphatic carbocycles. The highest BCUT2D eigenvalue weighted by Gasteiger charge is 2.42. The molecule has 1 aromatic rings. The van der Waals surface area contributed by atoms with Gasteiger partial charge in [-0.05, 0) is 43.9 Å². The van der Waals surface area contributed by atoms with Crippen molar-refractivity contribution in [2.45, 2.75) is 45.4 Å². The quantitative estimate of drug-likeness (QED) is 0.913. The number of carbonyl (C=O) groups is 2. The van der Waals surface area contributed by atoms with Gasteiger partial charge in [0.15, 0.2) is 0 Å². The van der Waals surface area contributed by atoms with Gasteiger partial charge in [-0.15, -0.1) is 0 Å². The molecule has 0 unspecified atom stereocenters. The van der Waals surface area contributed by atoms with E-state index in [0.29, 0.717) is 18.5 Å². The third-order valence-corrected chi connectivity index (χ3v) is 5.57. The minimum Gasteiger partial charge on any atom is -0.508 e. The molecule has 1 N–H and O–H groups in total. The number of rotatable bonds is 4. The monoisotopic (exact) mass is 344 g/mol. The summed E-state index contributed by atoms with van der Waals surface area (Å²) >= 11 is 0. The van der Waals surface area contributed by atoms with E-state index in [2.05, 4.69) is 6.92 Å². The summed E-state index contributed by atoms with van der Waals surface area (Å²) in [6.07, 6.45) is 5.63. The molecule has 3 rings (SSSR count). The molecule has 25 heavy (non-hydrogen) atoms. The summed E-state index contributed by atoms with van der Waals surface area (Å²) in [5, 5.41) is 9.63. The zero-order valence-electron chi connectivity index (χ0n) is 15.0. The number of unbranched alkanes of at least 4 members (excludes halogenated alkanes) is 1. The zero-order valence-corrected chi connectivity index (χ0v) is 15.0. The molecule has 0 saturated carbocycles. The van der Waals surface area contributed by atoms with Gasteiger partial charge in [0.2, 0.25) is 5.91 Å². The van der Waals surface area contributed by atoms with E-state index in [4.69, 9.17) is 0 Å². The minimum atomic E-state index is -0.0213. The number of aromatic hydroxyl groups is 1. The number of benzene rings is 1. The molecule has 2 saturated heterocycles. The molecule has 0 radical (unpaired) electrons. The Hall–Kier alpha value is -2.04. The summed E-state index contributed by atoms with van der Waals surface area (Å²) in [7, 11) is 0. The van der Waals surface area contributed by atoms with Crippen molar-refractivity contribution in [2.75, 3.05) is 26.2 Å². The molecule has 2 fully saturated rings. The highest BCUT2D eigenvalue weighted by Crippen LogP contribution is 2.39. The fourth-order valence-electron chi connectivity index (χ4n) is 4.19. The van der Waals surface area contributed by atoms with Gasteiger partial charge in [0.05, 0.1) is 0 Å². The van der Waals surface area contributed by atoms with Crippen LogP contribution in [0, 0.1) is 5.41 Å². The van der Waals surface area contributed by atoms with Crippen LogP contribution in [0.15, 0.2) is 24.3 Å². The van der Waals surface area contributed by atoms with E-state index in [-0.39, 0.29) is 23.0 Å². The van der Waals surface area contributed by atoms with Crippen molar-refractivity contribution in [2.24, 2.45) is 5.41 Å². The van der Waals surface area contributed by atoms with Crippen LogP contribution in [0.1, 0.15) is 55.8 Å². The fraction of sp³-hybridized carbons (Fsp3) is 0.600. The number of phenolic OH excluding ortho intramolecular Hbond substituents is 1. The highest BCUT2D eigenvalue weighted by atomic mass is 16.3. The van der Waals surface area contributed by atoms with Crippen LogP contribution in [0.4, 0.5) is 0 Å². The van der Waals surface area contributed by atoms with E-state index >= 15 is 0 Å². The van der Waals surface area contributed by atoms with Crippen molar-refractivity contribution in [1.29, 1.82) is 0 Å². The Labute approximate surface area is 149 Å². The summed E-state index contributed by atoms with van der Waals surface area (Å²) in [6.45, 7) is 5.20. The number of nitrogens with zero attached hydrogens (tertiary/aromatic N) is 2. The van der Waals surface area contributed by atoms with Crippen molar-refractivity contribution in [1.82, 2.24) is 9.80 Å². The maximum atomic E-state index is 12.8. The second-order valence-electron chi connectivity index (χ2n) is 7.55. The molecule has 1 spiro atoms. The van der Waals surface area contributed by atoms with Crippen molar-refractivity contribution in [3.63, 3.8) is 0 Å². The van der Waals surface area contributed by atoms with Crippen molar-refractivity contribution < 1.29 is 14.7 Å². The molecule has 5 nitrogen and oxygen atoms in total. The van der Waals surface area contributed by atoms with Crippen LogP contribution < -0.4 is 0 Å². The zero-order chi connectivity index (χ0) is 17.9. The van der Waals surface area contributed by atoms with Gasteiger partial charge in [0.1, 0.15) is 5.75 Å². The second-order valence-corrected chi connectivity index (χ2v) is 7.55. The predicted molar refractivity (Wildman–Crippen MR) is 96.4 cm³/mol. The molecule has 1 aromatic carbocycles. The van der Waals surface area contributed by atoms with E-state index in [0.717, 1.165) is 51.7 Å². The highest BCUT2D eigenvalue weighted by molar-refractivity contribution is 5.94. The molecule has 136 valence electrons. The lowest BCUT2D eigenvalue weighted by Crippen LogP contribution is -2.55. The van der Waals surface area contributed by atoms with Gasteiger partial charge in [-0.3, -0.25) is 9.59 Å². The van der Waals surface area contributed by atoms with Crippen LogP contribution in [0.3, 0.4) is 0 Å². The molecule has 1 atom stereocenters. The Morgan fingerprint density at radius 2 is 2.12 bits per heavy atom. The number of hydrogen-bond acceptors (Lipinski definition) is 3. The molecule has 2 aliphatic heterocycles. The van der Waals surface area contributed by atoms with Gasteiger partial charge in [0.25, 0.3) is 5.91 Å². The summed E-state index contributed by atoms with van der Waals surface area (Å²) < 4.78 is 0. The first-order valence-corrected chi connectivity index (χ1v) is 9.39. The maximum Gasteiger partial charge on any atom is 0.254 e. The third kappa shape index (κ3) is 3.97. The van der Waals surface area contributed by atoms with Crippen molar-refractivity contribution in [3.8, 4) is 5.75 Å². The van der Waals surface area contributed by atoms with Gasteiger partial charge in [-0.25, -0.2) is 0 Å². The summed E-state index contributed by atoms with van der Waals surface area (Å²) in [4.78, 5) is 29.0. The van der Waals surface area contributed by atoms with Crippen LogP contribution in [-0.2, 0) is 4.79 Å². The lowest BCUT2D eigenvalue weighted by molar-refractivity contribution is -0.139. The smallest absolute Gasteiger partial charge is 0.254 e. The third-order valence-electron chi connectivity index (χ3n) is 5.57. The number of hydrogen-bond donors (Lipinski definition) is 1. The van der Waals surface area contributed by atoms with Crippen LogP contribution in [0.2, 0.25) is 0 Å². The second kappa shape index (κ2) is 7.46. The lowest BCUT2D eigenvalue weighted by atomic mass is 9.73. The first kappa shape index (κ1) is 17.8. The first-order valence-electron chi connectivity index (χ1n) is 9.39. The topological polar surface area (TPSA) is 60.9 Å². The standard InChI is InChI=1S/C20H28N2O3/c1-2-3-11-21-14-20(10-8-18(21)24)9-5-12-22(15-20)19(25)16-6-4-7-17(23)13-16/h4,6-7,13,23H,2-3,5,8-12,14-15H2,1H3/t20-/m1/s1. The molecule has 2 heterocycles. The van der Waals surface area contributed by atoms with E-state index in [1.807, 2.05) is 9.80 Å². The fourth-order valence-corrected chi connectivity index (χ4v) is 4.19. The Balaban J connectivity index is 1.71. The molecule has 5 heteroatoms. The normalized spacial score (nSPS) is 24.0. The predicted octanol–water partition coefficient (Wildman–Crippen LogP) is 3.04. The van der Waals surface area contributed by atoms with E-state index in [1.165, 1.54) is 6.07 Å². The summed E-state index contributed by atoms with van der Waals surface area (Å²) in [6, 6.07) is 6.56. The molecule has 0 bridgehead atoms. The lowest BCUT2D eigenvalue weighted by Gasteiger charge is -2.48. The number of amides is 2. The number of piperidine rings is 2. The van der Waals surface area contributed by atoms with Crippen molar-refractivity contribution >= 4 is 11.8 Å². The largest absolute Gasteiger partial charge is 0.508 e. The van der Waals surface area contributed by atoms with E-state index < -0.39 is 0 Å².